The van der Waals surface area contributed by atoms with Crippen LogP contribution in [-0.4, -0.2) is 23.5 Å². The number of ketones is 1. The zero-order valence-electron chi connectivity index (χ0n) is 13.8. The van der Waals surface area contributed by atoms with E-state index in [0.29, 0.717) is 30.6 Å². The molecule has 3 aliphatic rings. The van der Waals surface area contributed by atoms with Crippen molar-refractivity contribution in [3.63, 3.8) is 0 Å². The van der Waals surface area contributed by atoms with Crippen molar-refractivity contribution < 1.29 is 18.7 Å². The molecule has 26 heavy (non-hydrogen) atoms. The molecule has 1 fully saturated rings. The highest BCUT2D eigenvalue weighted by atomic mass is 35.5. The third-order valence-electron chi connectivity index (χ3n) is 4.98. The number of hydrogen-bond donors (Lipinski definition) is 0. The lowest BCUT2D eigenvalue weighted by Gasteiger charge is -2.29. The highest BCUT2D eigenvalue weighted by Crippen LogP contribution is 2.44. The monoisotopic (exact) mass is 371 g/mol. The summed E-state index contributed by atoms with van der Waals surface area (Å²) >= 11 is 6.07. The molecule has 0 spiro atoms. The maximum atomic E-state index is 14.1. The van der Waals surface area contributed by atoms with Gasteiger partial charge in [0.05, 0.1) is 16.1 Å². The first-order valence-electron chi connectivity index (χ1n) is 8.53. The predicted molar refractivity (Wildman–Crippen MR) is 94.8 cm³/mol. The number of carbonyl (C=O) groups is 1. The smallest absolute Gasteiger partial charge is 0.231 e. The number of Topliss-reactive ketones (excluding diaryl/α,β-unsaturated/α-hetero) is 1. The van der Waals surface area contributed by atoms with E-state index in [2.05, 4.69) is 4.90 Å². The summed E-state index contributed by atoms with van der Waals surface area (Å²) in [5.74, 6) is 0.549. The molecule has 0 amide bonds. The topological polar surface area (TPSA) is 38.8 Å². The van der Waals surface area contributed by atoms with Crippen molar-refractivity contribution in [2.24, 2.45) is 0 Å². The Balaban J connectivity index is 1.54. The molecule has 0 saturated heterocycles. The minimum Gasteiger partial charge on any atom is -0.478 e. The Kier molecular flexibility index (Phi) is 3.55. The minimum absolute atomic E-state index is 0.0731. The van der Waals surface area contributed by atoms with Crippen molar-refractivity contribution in [2.75, 3.05) is 6.73 Å². The average molecular weight is 372 g/mol. The third-order valence-corrected chi connectivity index (χ3v) is 5.31. The van der Waals surface area contributed by atoms with E-state index < -0.39 is 5.82 Å². The molecular formula is C20H15ClFNO3. The van der Waals surface area contributed by atoms with Crippen LogP contribution in [0.5, 0.6) is 11.5 Å². The largest absolute Gasteiger partial charge is 0.478 e. The second kappa shape index (κ2) is 5.83. The first kappa shape index (κ1) is 15.9. The first-order chi connectivity index (χ1) is 12.6. The fourth-order valence-electron chi connectivity index (χ4n) is 3.43. The fourth-order valence-corrected chi connectivity index (χ4v) is 3.65. The summed E-state index contributed by atoms with van der Waals surface area (Å²) in [6.45, 7) is 1.24. The summed E-state index contributed by atoms with van der Waals surface area (Å²) in [6, 6.07) is 8.45. The average Bonchev–Trinajstić information content (AvgIpc) is 3.43. The number of allylic oxidation sites excluding steroid dienone is 1. The van der Waals surface area contributed by atoms with Crippen LogP contribution in [-0.2, 0) is 6.54 Å². The lowest BCUT2D eigenvalue weighted by molar-refractivity contribution is 0.0868. The maximum Gasteiger partial charge on any atom is 0.231 e. The Hall–Kier alpha value is -2.37. The van der Waals surface area contributed by atoms with Gasteiger partial charge < -0.3 is 9.47 Å². The molecule has 0 radical (unpaired) electrons. The van der Waals surface area contributed by atoms with Crippen molar-refractivity contribution in [1.29, 1.82) is 0 Å². The van der Waals surface area contributed by atoms with Crippen LogP contribution in [0.15, 0.2) is 36.1 Å². The zero-order chi connectivity index (χ0) is 17.8. The number of halogens is 2. The molecule has 2 aromatic carbocycles. The second-order valence-corrected chi connectivity index (χ2v) is 7.15. The molecule has 0 unspecified atom stereocenters. The summed E-state index contributed by atoms with van der Waals surface area (Å²) in [5.41, 5.74) is 1.50. The van der Waals surface area contributed by atoms with Crippen molar-refractivity contribution in [2.45, 2.75) is 25.4 Å². The Bertz CT molecular complexity index is 948. The molecule has 5 rings (SSSR count). The van der Waals surface area contributed by atoms with E-state index in [9.17, 15) is 9.18 Å². The molecule has 0 N–H and O–H groups in total. The zero-order valence-corrected chi connectivity index (χ0v) is 14.6. The minimum atomic E-state index is -0.498. The standard InChI is InChI=1S/C20H15ClFNO3/c21-15-2-1-3-16(22)13(15)8-18-19(24)12-6-7-17-14(20(12)26-18)9-23(10-25-17)11-4-5-11/h1-3,6-8,11H,4-5,9-10H2/b18-8-. The Labute approximate surface area is 154 Å². The van der Waals surface area contributed by atoms with E-state index in [-0.39, 0.29) is 22.1 Å². The van der Waals surface area contributed by atoms with Gasteiger partial charge in [-0.3, -0.25) is 9.69 Å². The number of nitrogens with zero attached hydrogens (tertiary/aromatic N) is 1. The normalized spacial score (nSPS) is 20.5. The summed E-state index contributed by atoms with van der Waals surface area (Å²) in [5, 5.41) is 0.232. The lowest BCUT2D eigenvalue weighted by atomic mass is 10.0. The van der Waals surface area contributed by atoms with E-state index >= 15 is 0 Å². The Morgan fingerprint density at radius 1 is 1.23 bits per heavy atom. The van der Waals surface area contributed by atoms with E-state index in [1.54, 1.807) is 18.2 Å². The highest BCUT2D eigenvalue weighted by Gasteiger charge is 2.37. The molecule has 6 heteroatoms. The number of benzene rings is 2. The van der Waals surface area contributed by atoms with Gasteiger partial charge >= 0.3 is 0 Å². The van der Waals surface area contributed by atoms with Crippen LogP contribution in [0.2, 0.25) is 5.02 Å². The van der Waals surface area contributed by atoms with Gasteiger partial charge in [-0.1, -0.05) is 17.7 Å². The van der Waals surface area contributed by atoms with Gasteiger partial charge in [0.1, 0.15) is 24.0 Å². The summed E-state index contributed by atoms with van der Waals surface area (Å²) in [6.07, 6.45) is 3.71. The van der Waals surface area contributed by atoms with E-state index in [0.717, 1.165) is 11.3 Å². The molecule has 1 aliphatic carbocycles. The van der Waals surface area contributed by atoms with E-state index in [4.69, 9.17) is 21.1 Å². The van der Waals surface area contributed by atoms with Crippen molar-refractivity contribution in [3.8, 4) is 11.5 Å². The number of rotatable bonds is 2. The van der Waals surface area contributed by atoms with Gasteiger partial charge in [-0.25, -0.2) is 4.39 Å². The van der Waals surface area contributed by atoms with Crippen LogP contribution < -0.4 is 9.47 Å². The molecule has 0 aromatic heterocycles. The summed E-state index contributed by atoms with van der Waals surface area (Å²) in [7, 11) is 0. The van der Waals surface area contributed by atoms with Crippen molar-refractivity contribution in [3.05, 3.63) is 63.6 Å². The number of carbonyl (C=O) groups excluding carboxylic acids is 1. The van der Waals surface area contributed by atoms with Crippen LogP contribution in [0.25, 0.3) is 6.08 Å². The molecular weight excluding hydrogens is 357 g/mol. The Morgan fingerprint density at radius 2 is 2.08 bits per heavy atom. The van der Waals surface area contributed by atoms with Crippen LogP contribution in [0.4, 0.5) is 4.39 Å². The number of ether oxygens (including phenoxy) is 2. The molecule has 2 aromatic rings. The second-order valence-electron chi connectivity index (χ2n) is 6.75. The molecule has 1 saturated carbocycles. The van der Waals surface area contributed by atoms with Gasteiger partial charge in [0, 0.05) is 18.2 Å². The quantitative estimate of drug-likeness (QED) is 0.733. The highest BCUT2D eigenvalue weighted by molar-refractivity contribution is 6.32. The van der Waals surface area contributed by atoms with Crippen LogP contribution >= 0.6 is 11.6 Å². The molecule has 2 aliphatic heterocycles. The molecule has 0 atom stereocenters. The van der Waals surface area contributed by atoms with Gasteiger partial charge in [0.25, 0.3) is 0 Å². The van der Waals surface area contributed by atoms with E-state index in [1.165, 1.54) is 31.1 Å². The van der Waals surface area contributed by atoms with Crippen LogP contribution in [0.3, 0.4) is 0 Å². The predicted octanol–water partition coefficient (Wildman–Crippen LogP) is 4.41. The van der Waals surface area contributed by atoms with Crippen molar-refractivity contribution >= 4 is 23.5 Å². The number of hydrogen-bond acceptors (Lipinski definition) is 4. The molecule has 2 heterocycles. The molecule has 4 nitrogen and oxygen atoms in total. The third kappa shape index (κ3) is 2.50. The summed E-state index contributed by atoms with van der Waals surface area (Å²) < 4.78 is 25.7. The Morgan fingerprint density at radius 3 is 2.85 bits per heavy atom. The van der Waals surface area contributed by atoms with Gasteiger partial charge in [-0.15, -0.1) is 0 Å². The number of fused-ring (bicyclic) bond motifs is 3. The maximum absolute atomic E-state index is 14.1. The lowest BCUT2D eigenvalue weighted by Crippen LogP contribution is -2.33. The molecule has 0 bridgehead atoms. The van der Waals surface area contributed by atoms with E-state index in [1.807, 2.05) is 0 Å². The van der Waals surface area contributed by atoms with Gasteiger partial charge in [-0.2, -0.15) is 0 Å². The van der Waals surface area contributed by atoms with Crippen LogP contribution in [0, 0.1) is 5.82 Å². The van der Waals surface area contributed by atoms with Gasteiger partial charge in [-0.05, 0) is 43.2 Å². The van der Waals surface area contributed by atoms with Gasteiger partial charge in [0.15, 0.2) is 5.76 Å². The molecule has 132 valence electrons. The fraction of sp³-hybridized carbons (Fsp3) is 0.250. The van der Waals surface area contributed by atoms with Gasteiger partial charge in [0.2, 0.25) is 5.78 Å². The summed E-state index contributed by atoms with van der Waals surface area (Å²) in [4.78, 5) is 15.0. The van der Waals surface area contributed by atoms with Crippen LogP contribution in [0.1, 0.15) is 34.3 Å². The SMILES string of the molecule is O=C1/C(=C/c2c(F)cccc2Cl)Oc2c1ccc1c2CN(C2CC2)CO1. The first-order valence-corrected chi connectivity index (χ1v) is 8.90. The van der Waals surface area contributed by atoms with Crippen molar-refractivity contribution in [1.82, 2.24) is 4.90 Å².